The highest BCUT2D eigenvalue weighted by molar-refractivity contribution is 8.03. The second-order valence-corrected chi connectivity index (χ2v) is 6.52. The molecule has 0 bridgehead atoms. The number of nitrogens with zero attached hydrogens (tertiary/aromatic N) is 1. The van der Waals surface area contributed by atoms with Crippen molar-refractivity contribution >= 4 is 17.8 Å². The highest BCUT2D eigenvalue weighted by atomic mass is 32.2. The minimum atomic E-state index is 0.317. The first kappa shape index (κ1) is 14.2. The molecule has 1 saturated heterocycles. The molecule has 0 aromatic heterocycles. The average molecular weight is 297 g/mol. The van der Waals surface area contributed by atoms with E-state index in [1.165, 1.54) is 16.0 Å². The van der Waals surface area contributed by atoms with E-state index in [9.17, 15) is 5.11 Å². The lowest BCUT2D eigenvalue weighted by Crippen LogP contribution is -2.18. The van der Waals surface area contributed by atoms with Crippen LogP contribution < -0.4 is 0 Å². The van der Waals surface area contributed by atoms with Crippen LogP contribution in [0.4, 0.5) is 0 Å². The summed E-state index contributed by atoms with van der Waals surface area (Å²) in [6, 6.07) is 16.1. The van der Waals surface area contributed by atoms with Crippen LogP contribution in [-0.2, 0) is 6.54 Å². The van der Waals surface area contributed by atoms with Crippen molar-refractivity contribution < 1.29 is 5.11 Å². The van der Waals surface area contributed by atoms with Crippen molar-refractivity contribution in [1.29, 1.82) is 0 Å². The molecule has 108 valence electrons. The van der Waals surface area contributed by atoms with Gasteiger partial charge in [0.05, 0.1) is 0 Å². The largest absolute Gasteiger partial charge is 0.508 e. The Morgan fingerprint density at radius 1 is 1.10 bits per heavy atom. The molecule has 1 aliphatic heterocycles. The van der Waals surface area contributed by atoms with Crippen LogP contribution in [0.1, 0.15) is 16.7 Å². The first-order valence-corrected chi connectivity index (χ1v) is 8.08. The van der Waals surface area contributed by atoms with Crippen LogP contribution >= 0.6 is 11.8 Å². The maximum Gasteiger partial charge on any atom is 0.115 e. The Balaban J connectivity index is 1.62. The molecular formula is C18H19NOS. The van der Waals surface area contributed by atoms with Crippen LogP contribution in [-0.4, -0.2) is 22.4 Å². The van der Waals surface area contributed by atoms with Gasteiger partial charge in [-0.1, -0.05) is 42.0 Å². The van der Waals surface area contributed by atoms with E-state index in [0.29, 0.717) is 5.75 Å². The van der Waals surface area contributed by atoms with Gasteiger partial charge in [0.15, 0.2) is 0 Å². The van der Waals surface area contributed by atoms with E-state index < -0.39 is 0 Å². The molecule has 1 N–H and O–H groups in total. The van der Waals surface area contributed by atoms with Crippen molar-refractivity contribution in [3.8, 4) is 5.75 Å². The van der Waals surface area contributed by atoms with Crippen LogP contribution in [0.5, 0.6) is 5.75 Å². The molecule has 0 aliphatic carbocycles. The summed E-state index contributed by atoms with van der Waals surface area (Å²) in [7, 11) is 0. The topological polar surface area (TPSA) is 23.5 Å². The van der Waals surface area contributed by atoms with Crippen molar-refractivity contribution in [3.63, 3.8) is 0 Å². The van der Waals surface area contributed by atoms with Gasteiger partial charge >= 0.3 is 0 Å². The van der Waals surface area contributed by atoms with Gasteiger partial charge in [0.25, 0.3) is 0 Å². The number of phenols is 1. The van der Waals surface area contributed by atoms with Gasteiger partial charge in [-0.15, -0.1) is 11.8 Å². The molecule has 1 fully saturated rings. The maximum absolute atomic E-state index is 9.31. The summed E-state index contributed by atoms with van der Waals surface area (Å²) < 4.78 is 0. The Labute approximate surface area is 130 Å². The lowest BCUT2D eigenvalue weighted by atomic mass is 10.1. The quantitative estimate of drug-likeness (QED) is 0.916. The van der Waals surface area contributed by atoms with Gasteiger partial charge in [-0.25, -0.2) is 0 Å². The highest BCUT2D eigenvalue weighted by Gasteiger charge is 2.17. The first-order valence-electron chi connectivity index (χ1n) is 7.09. The van der Waals surface area contributed by atoms with Crippen molar-refractivity contribution in [2.75, 3.05) is 12.4 Å². The van der Waals surface area contributed by atoms with E-state index in [-0.39, 0.29) is 0 Å². The summed E-state index contributed by atoms with van der Waals surface area (Å²) >= 11 is 1.90. The fraction of sp³-hybridized carbons (Fsp3) is 0.222. The van der Waals surface area contributed by atoms with Crippen molar-refractivity contribution in [3.05, 3.63) is 70.1 Å². The molecule has 1 heterocycles. The molecule has 2 aromatic carbocycles. The van der Waals surface area contributed by atoms with E-state index in [1.807, 2.05) is 23.9 Å². The van der Waals surface area contributed by atoms with Gasteiger partial charge in [-0.05, 0) is 36.3 Å². The van der Waals surface area contributed by atoms with E-state index in [4.69, 9.17) is 0 Å². The summed E-state index contributed by atoms with van der Waals surface area (Å²) in [6.07, 6.45) is 2.21. The fourth-order valence-corrected chi connectivity index (χ4v) is 3.41. The van der Waals surface area contributed by atoms with Gasteiger partial charge in [0.1, 0.15) is 5.75 Å². The lowest BCUT2D eigenvalue weighted by molar-refractivity contribution is 0.358. The van der Waals surface area contributed by atoms with E-state index >= 15 is 0 Å². The predicted molar refractivity (Wildman–Crippen MR) is 90.1 cm³/mol. The summed E-state index contributed by atoms with van der Waals surface area (Å²) in [6.45, 7) is 4.12. The van der Waals surface area contributed by atoms with E-state index in [2.05, 4.69) is 42.2 Å². The molecule has 2 aromatic rings. The van der Waals surface area contributed by atoms with Gasteiger partial charge in [0.2, 0.25) is 0 Å². The Morgan fingerprint density at radius 3 is 2.52 bits per heavy atom. The highest BCUT2D eigenvalue weighted by Crippen LogP contribution is 2.29. The van der Waals surface area contributed by atoms with Crippen LogP contribution in [0.25, 0.3) is 6.08 Å². The molecule has 3 heteroatoms. The van der Waals surface area contributed by atoms with Gasteiger partial charge in [-0.3, -0.25) is 4.90 Å². The zero-order valence-corrected chi connectivity index (χ0v) is 12.9. The zero-order chi connectivity index (χ0) is 14.7. The zero-order valence-electron chi connectivity index (χ0n) is 12.1. The van der Waals surface area contributed by atoms with Gasteiger partial charge in [-0.2, -0.15) is 0 Å². The Bertz CT molecular complexity index is 631. The third-order valence-electron chi connectivity index (χ3n) is 3.56. The van der Waals surface area contributed by atoms with Gasteiger partial charge in [0, 0.05) is 23.9 Å². The molecule has 21 heavy (non-hydrogen) atoms. The summed E-state index contributed by atoms with van der Waals surface area (Å²) in [5.41, 5.74) is 3.82. The lowest BCUT2D eigenvalue weighted by Gasteiger charge is -2.13. The second-order valence-electron chi connectivity index (χ2n) is 5.45. The maximum atomic E-state index is 9.31. The second kappa shape index (κ2) is 6.37. The van der Waals surface area contributed by atoms with Crippen molar-refractivity contribution in [2.24, 2.45) is 0 Å². The molecule has 0 atom stereocenters. The predicted octanol–water partition coefficient (Wildman–Crippen LogP) is 4.25. The molecule has 0 spiro atoms. The Hall–Kier alpha value is -1.71. The van der Waals surface area contributed by atoms with Crippen LogP contribution in [0.3, 0.4) is 0 Å². The van der Waals surface area contributed by atoms with Crippen LogP contribution in [0, 0.1) is 6.92 Å². The van der Waals surface area contributed by atoms with Crippen LogP contribution in [0.15, 0.2) is 53.4 Å². The summed E-state index contributed by atoms with van der Waals surface area (Å²) in [5, 5.41) is 9.31. The number of rotatable bonds is 3. The number of hydrogen-bond donors (Lipinski definition) is 1. The fourth-order valence-electron chi connectivity index (χ4n) is 2.38. The summed E-state index contributed by atoms with van der Waals surface area (Å²) in [4.78, 5) is 3.83. The van der Waals surface area contributed by atoms with E-state index in [0.717, 1.165) is 24.5 Å². The third-order valence-corrected chi connectivity index (χ3v) is 4.67. The monoisotopic (exact) mass is 297 g/mol. The number of phenolic OH excluding ortho intramolecular Hbond substituents is 1. The molecule has 0 saturated carbocycles. The molecule has 1 aliphatic rings. The third kappa shape index (κ3) is 3.90. The molecule has 0 unspecified atom stereocenters. The van der Waals surface area contributed by atoms with Crippen molar-refractivity contribution in [1.82, 2.24) is 4.90 Å². The molecule has 3 rings (SSSR count). The van der Waals surface area contributed by atoms with Crippen LogP contribution in [0.2, 0.25) is 0 Å². The number of aromatic hydroxyl groups is 1. The number of thioether (sulfide) groups is 1. The minimum absolute atomic E-state index is 0.317. The van der Waals surface area contributed by atoms with Crippen molar-refractivity contribution in [2.45, 2.75) is 13.5 Å². The Morgan fingerprint density at radius 2 is 1.81 bits per heavy atom. The molecule has 0 radical (unpaired) electrons. The standard InChI is InChI=1S/C18H19NOS/c1-14-2-4-16(5-3-14)11-19-12-18(21-13-19)10-15-6-8-17(20)9-7-15/h2-10,20H,11-13H2,1H3. The number of aryl methyl sites for hydroxylation is 1. The first-order chi connectivity index (χ1) is 10.2. The molecular weight excluding hydrogens is 278 g/mol. The summed E-state index contributed by atoms with van der Waals surface area (Å²) in [5.74, 6) is 1.36. The Kier molecular flexibility index (Phi) is 4.32. The average Bonchev–Trinajstić information content (AvgIpc) is 2.91. The molecule has 2 nitrogen and oxygen atoms in total. The number of hydrogen-bond acceptors (Lipinski definition) is 3. The minimum Gasteiger partial charge on any atom is -0.508 e. The number of benzene rings is 2. The molecule has 0 amide bonds. The SMILES string of the molecule is Cc1ccc(CN2CSC(=Cc3ccc(O)cc3)C2)cc1. The van der Waals surface area contributed by atoms with E-state index in [1.54, 1.807) is 12.1 Å². The normalized spacial score (nSPS) is 17.5. The smallest absolute Gasteiger partial charge is 0.115 e. The van der Waals surface area contributed by atoms with Gasteiger partial charge < -0.3 is 5.11 Å².